The Labute approximate surface area is 112 Å². The summed E-state index contributed by atoms with van der Waals surface area (Å²) >= 11 is 4.96. The smallest absolute Gasteiger partial charge is 0.294 e. The van der Waals surface area contributed by atoms with Crippen LogP contribution in [-0.2, 0) is 6.42 Å². The molecule has 0 spiro atoms. The van der Waals surface area contributed by atoms with E-state index in [9.17, 15) is 0 Å². The largest absolute Gasteiger partial charge is 0.330 e. The molecule has 2 aliphatic carbocycles. The topological polar surface area (TPSA) is 67.8 Å². The van der Waals surface area contributed by atoms with E-state index in [2.05, 4.69) is 10.1 Å². The summed E-state index contributed by atoms with van der Waals surface area (Å²) in [6.07, 6.45) is 8.94. The van der Waals surface area contributed by atoms with E-state index in [0.29, 0.717) is 4.84 Å². The van der Waals surface area contributed by atoms with Crippen LogP contribution in [0.4, 0.5) is 0 Å². The van der Waals surface area contributed by atoms with Gasteiger partial charge in [0.1, 0.15) is 0 Å². The summed E-state index contributed by atoms with van der Waals surface area (Å²) in [6.45, 7) is 0.760. The molecule has 2 aliphatic rings. The van der Waals surface area contributed by atoms with Crippen LogP contribution in [0.5, 0.6) is 0 Å². The van der Waals surface area contributed by atoms with Gasteiger partial charge in [-0.25, -0.2) is 0 Å². The molecule has 0 radical (unpaired) electrons. The molecule has 2 fully saturated rings. The number of aromatic amines is 1. The van der Waals surface area contributed by atoms with Crippen LogP contribution in [0.25, 0.3) is 0 Å². The fraction of sp³-hybridized carbons (Fsp3) is 0.846. The Bertz CT molecular complexity index is 445. The molecule has 0 unspecified atom stereocenters. The molecule has 0 amide bonds. The van der Waals surface area contributed by atoms with Gasteiger partial charge in [-0.3, -0.25) is 4.98 Å². The van der Waals surface area contributed by atoms with Crippen LogP contribution < -0.4 is 5.73 Å². The maximum Gasteiger partial charge on any atom is 0.294 e. The molecule has 18 heavy (non-hydrogen) atoms. The molecule has 1 aromatic heterocycles. The third-order valence-electron chi connectivity index (χ3n) is 5.20. The van der Waals surface area contributed by atoms with Gasteiger partial charge in [0.25, 0.3) is 4.84 Å². The predicted molar refractivity (Wildman–Crippen MR) is 71.6 cm³/mol. The maximum absolute atomic E-state index is 6.18. The first-order valence-electron chi connectivity index (χ1n) is 6.99. The van der Waals surface area contributed by atoms with Crippen molar-refractivity contribution in [3.05, 3.63) is 10.7 Å². The molecular formula is C13H21N3OS. The maximum atomic E-state index is 6.18. The van der Waals surface area contributed by atoms with Crippen molar-refractivity contribution < 1.29 is 4.52 Å². The first kappa shape index (κ1) is 12.4. The van der Waals surface area contributed by atoms with E-state index in [4.69, 9.17) is 22.5 Å². The SMILES string of the molecule is NCC1(Cc2noc(=S)[nH]2)C2CCCC1CCC2. The molecule has 1 aromatic rings. The Hall–Kier alpha value is -0.680. The molecular weight excluding hydrogens is 246 g/mol. The van der Waals surface area contributed by atoms with Gasteiger partial charge in [-0.1, -0.05) is 18.0 Å². The summed E-state index contributed by atoms with van der Waals surface area (Å²) in [5, 5.41) is 4.04. The molecule has 5 heteroatoms. The molecule has 0 atom stereocenters. The summed E-state index contributed by atoms with van der Waals surface area (Å²) < 4.78 is 4.99. The molecule has 4 nitrogen and oxygen atoms in total. The van der Waals surface area contributed by atoms with Crippen molar-refractivity contribution >= 4 is 12.2 Å². The minimum absolute atomic E-state index is 0.228. The number of H-pyrrole nitrogens is 1. The third kappa shape index (κ3) is 1.93. The highest BCUT2D eigenvalue weighted by Crippen LogP contribution is 2.53. The number of nitrogens with zero attached hydrogens (tertiary/aromatic N) is 1. The van der Waals surface area contributed by atoms with Crippen molar-refractivity contribution in [3.63, 3.8) is 0 Å². The lowest BCUT2D eigenvalue weighted by Crippen LogP contribution is -2.50. The fourth-order valence-electron chi connectivity index (χ4n) is 4.34. The second kappa shape index (κ2) is 4.78. The Morgan fingerprint density at radius 2 is 1.89 bits per heavy atom. The van der Waals surface area contributed by atoms with Crippen LogP contribution in [0, 0.1) is 22.1 Å². The normalized spacial score (nSPS) is 35.6. The number of fused-ring (bicyclic) bond motifs is 2. The van der Waals surface area contributed by atoms with E-state index in [0.717, 1.165) is 30.6 Å². The average molecular weight is 267 g/mol. The summed E-state index contributed by atoms with van der Waals surface area (Å²) in [4.78, 5) is 3.43. The first-order valence-corrected chi connectivity index (χ1v) is 7.40. The minimum atomic E-state index is 0.228. The highest BCUT2D eigenvalue weighted by Gasteiger charge is 2.48. The molecule has 3 rings (SSSR count). The van der Waals surface area contributed by atoms with Crippen molar-refractivity contribution in [1.29, 1.82) is 0 Å². The summed E-state index contributed by atoms with van der Waals surface area (Å²) in [6, 6.07) is 0. The van der Waals surface area contributed by atoms with Crippen molar-refractivity contribution in [2.24, 2.45) is 23.0 Å². The van der Waals surface area contributed by atoms with Gasteiger partial charge in [-0.15, -0.1) is 0 Å². The van der Waals surface area contributed by atoms with Gasteiger partial charge in [0.2, 0.25) is 0 Å². The lowest BCUT2D eigenvalue weighted by Gasteiger charge is -2.52. The van der Waals surface area contributed by atoms with Crippen molar-refractivity contribution in [2.45, 2.75) is 44.9 Å². The van der Waals surface area contributed by atoms with Crippen LogP contribution in [0.15, 0.2) is 4.52 Å². The highest BCUT2D eigenvalue weighted by atomic mass is 32.1. The summed E-state index contributed by atoms with van der Waals surface area (Å²) in [7, 11) is 0. The van der Waals surface area contributed by atoms with Crippen LogP contribution in [0.1, 0.15) is 44.3 Å². The van der Waals surface area contributed by atoms with Gasteiger partial charge >= 0.3 is 0 Å². The van der Waals surface area contributed by atoms with E-state index in [1.54, 1.807) is 0 Å². The van der Waals surface area contributed by atoms with Crippen LogP contribution in [0.3, 0.4) is 0 Å². The number of nitrogens with two attached hydrogens (primary N) is 1. The lowest BCUT2D eigenvalue weighted by atomic mass is 9.53. The van der Waals surface area contributed by atoms with Gasteiger partial charge in [0, 0.05) is 6.42 Å². The summed E-state index contributed by atoms with van der Waals surface area (Å²) in [5.41, 5.74) is 6.41. The Balaban J connectivity index is 1.90. The lowest BCUT2D eigenvalue weighted by molar-refractivity contribution is -0.0136. The van der Waals surface area contributed by atoms with E-state index in [1.807, 2.05) is 0 Å². The number of aromatic nitrogens is 2. The zero-order chi connectivity index (χ0) is 12.6. The number of hydrogen-bond acceptors (Lipinski definition) is 4. The molecule has 1 heterocycles. The second-order valence-electron chi connectivity index (χ2n) is 5.91. The zero-order valence-electron chi connectivity index (χ0n) is 10.7. The summed E-state index contributed by atoms with van der Waals surface area (Å²) in [5.74, 6) is 2.39. The van der Waals surface area contributed by atoms with Gasteiger partial charge in [-0.2, -0.15) is 0 Å². The monoisotopic (exact) mass is 267 g/mol. The van der Waals surface area contributed by atoms with E-state index < -0.39 is 0 Å². The minimum Gasteiger partial charge on any atom is -0.330 e. The standard InChI is InChI=1S/C13H21N3OS/c14-8-13(7-11-15-12(18)17-16-11)9-3-1-4-10(13)6-2-5-9/h9-10H,1-8,14H2,(H,15,16,18). The molecule has 3 N–H and O–H groups in total. The Morgan fingerprint density at radius 1 is 1.28 bits per heavy atom. The number of nitrogens with one attached hydrogen (secondary N) is 1. The molecule has 0 aliphatic heterocycles. The van der Waals surface area contributed by atoms with E-state index in [1.165, 1.54) is 38.5 Å². The average Bonchev–Trinajstić information content (AvgIpc) is 2.74. The quantitative estimate of drug-likeness (QED) is 0.826. The number of hydrogen-bond donors (Lipinski definition) is 2. The van der Waals surface area contributed by atoms with Crippen molar-refractivity contribution in [3.8, 4) is 0 Å². The van der Waals surface area contributed by atoms with Crippen LogP contribution >= 0.6 is 12.2 Å². The molecule has 2 bridgehead atoms. The predicted octanol–water partition coefficient (Wildman–Crippen LogP) is 2.82. The Morgan fingerprint density at radius 3 is 2.33 bits per heavy atom. The zero-order valence-corrected chi connectivity index (χ0v) is 11.5. The molecule has 2 saturated carbocycles. The third-order valence-corrected chi connectivity index (χ3v) is 5.37. The van der Waals surface area contributed by atoms with Crippen molar-refractivity contribution in [2.75, 3.05) is 6.54 Å². The van der Waals surface area contributed by atoms with Gasteiger partial charge in [0.15, 0.2) is 5.82 Å². The first-order chi connectivity index (χ1) is 8.74. The fourth-order valence-corrected chi connectivity index (χ4v) is 4.49. The molecule has 0 aromatic carbocycles. The van der Waals surface area contributed by atoms with Crippen LogP contribution in [-0.4, -0.2) is 16.7 Å². The highest BCUT2D eigenvalue weighted by molar-refractivity contribution is 7.71. The Kier molecular flexibility index (Phi) is 3.28. The van der Waals surface area contributed by atoms with E-state index in [-0.39, 0.29) is 5.41 Å². The molecule has 100 valence electrons. The second-order valence-corrected chi connectivity index (χ2v) is 6.28. The van der Waals surface area contributed by atoms with Gasteiger partial charge < -0.3 is 10.3 Å². The van der Waals surface area contributed by atoms with Gasteiger partial charge in [0.05, 0.1) is 0 Å². The molecule has 0 saturated heterocycles. The number of rotatable bonds is 3. The van der Waals surface area contributed by atoms with Crippen LogP contribution in [0.2, 0.25) is 0 Å². The van der Waals surface area contributed by atoms with E-state index >= 15 is 0 Å². The van der Waals surface area contributed by atoms with Crippen molar-refractivity contribution in [1.82, 2.24) is 10.1 Å². The van der Waals surface area contributed by atoms with Gasteiger partial charge in [-0.05, 0) is 61.7 Å².